The number of carbonyl (C=O) groups excluding carboxylic acids is 4. The van der Waals surface area contributed by atoms with Gasteiger partial charge in [-0.3, -0.25) is 19.2 Å². The van der Waals surface area contributed by atoms with Gasteiger partial charge in [-0.15, -0.1) is 0 Å². The SMILES string of the molecule is C[C@]12CCC(=O)C=C1CCC1C2C(=O)C[C@@]2(C)C1CC[C@]2(O)C(=O)COC(=O)CCC1CCCC1. The van der Waals surface area contributed by atoms with Crippen molar-refractivity contribution in [2.45, 2.75) is 103 Å². The van der Waals surface area contributed by atoms with E-state index in [0.717, 1.165) is 37.7 Å². The van der Waals surface area contributed by atoms with Gasteiger partial charge in [-0.2, -0.15) is 0 Å². The third kappa shape index (κ3) is 3.95. The van der Waals surface area contributed by atoms with Crippen molar-refractivity contribution in [1.29, 1.82) is 0 Å². The molecule has 0 radical (unpaired) electrons. The van der Waals surface area contributed by atoms with Gasteiger partial charge in [-0.25, -0.2) is 0 Å². The monoisotopic (exact) mass is 484 g/mol. The van der Waals surface area contributed by atoms with Crippen LogP contribution in [0.5, 0.6) is 0 Å². The maximum absolute atomic E-state index is 13.7. The number of aliphatic hydroxyl groups is 1. The molecule has 6 atom stereocenters. The lowest BCUT2D eigenvalue weighted by molar-refractivity contribution is -0.174. The first-order valence-corrected chi connectivity index (χ1v) is 13.8. The molecule has 0 bridgehead atoms. The topological polar surface area (TPSA) is 97.7 Å². The third-order valence-corrected chi connectivity index (χ3v) is 10.9. The number of hydrogen-bond acceptors (Lipinski definition) is 6. The molecular formula is C29H40O6. The lowest BCUT2D eigenvalue weighted by Crippen LogP contribution is -2.61. The average molecular weight is 485 g/mol. The van der Waals surface area contributed by atoms with Crippen molar-refractivity contribution in [2.24, 2.45) is 34.5 Å². The number of carbonyl (C=O) groups is 4. The van der Waals surface area contributed by atoms with Crippen molar-refractivity contribution < 1.29 is 29.0 Å². The maximum atomic E-state index is 13.7. The minimum absolute atomic E-state index is 0.0632. The van der Waals surface area contributed by atoms with Crippen LogP contribution in [-0.4, -0.2) is 40.6 Å². The van der Waals surface area contributed by atoms with Crippen LogP contribution in [0.4, 0.5) is 0 Å². The zero-order chi connectivity index (χ0) is 25.0. The largest absolute Gasteiger partial charge is 0.458 e. The summed E-state index contributed by atoms with van der Waals surface area (Å²) in [5.41, 5.74) is -1.68. The average Bonchev–Trinajstić information content (AvgIpc) is 3.43. The first-order chi connectivity index (χ1) is 16.6. The van der Waals surface area contributed by atoms with Gasteiger partial charge in [0.05, 0.1) is 0 Å². The van der Waals surface area contributed by atoms with Crippen LogP contribution in [0.3, 0.4) is 0 Å². The molecule has 6 nitrogen and oxygen atoms in total. The quantitative estimate of drug-likeness (QED) is 0.557. The Bertz CT molecular complexity index is 960. The van der Waals surface area contributed by atoms with E-state index in [1.807, 2.05) is 6.92 Å². The molecule has 0 aromatic carbocycles. The van der Waals surface area contributed by atoms with E-state index in [1.165, 1.54) is 12.8 Å². The molecule has 0 aromatic heterocycles. The van der Waals surface area contributed by atoms with Gasteiger partial charge in [-0.05, 0) is 67.8 Å². The summed E-state index contributed by atoms with van der Waals surface area (Å²) in [4.78, 5) is 51.3. The molecule has 1 N–H and O–H groups in total. The Morgan fingerprint density at radius 3 is 2.54 bits per heavy atom. The highest BCUT2D eigenvalue weighted by Crippen LogP contribution is 2.66. The summed E-state index contributed by atoms with van der Waals surface area (Å²) in [5.74, 6) is 0.0161. The molecule has 35 heavy (non-hydrogen) atoms. The Kier molecular flexibility index (Phi) is 6.34. The minimum Gasteiger partial charge on any atom is -0.458 e. The highest BCUT2D eigenvalue weighted by atomic mass is 16.5. The lowest BCUT2D eigenvalue weighted by atomic mass is 9.46. The number of ether oxygens (including phenoxy) is 1. The van der Waals surface area contributed by atoms with Gasteiger partial charge >= 0.3 is 5.97 Å². The van der Waals surface area contributed by atoms with Crippen LogP contribution in [-0.2, 0) is 23.9 Å². The van der Waals surface area contributed by atoms with Crippen molar-refractivity contribution in [1.82, 2.24) is 0 Å². The highest BCUT2D eigenvalue weighted by molar-refractivity contribution is 5.95. The molecule has 0 saturated heterocycles. The second kappa shape index (κ2) is 8.93. The van der Waals surface area contributed by atoms with E-state index in [0.29, 0.717) is 38.0 Å². The second-order valence-corrected chi connectivity index (χ2v) is 12.6. The Labute approximate surface area is 208 Å². The predicted octanol–water partition coefficient (Wildman–Crippen LogP) is 4.51. The smallest absolute Gasteiger partial charge is 0.306 e. The van der Waals surface area contributed by atoms with E-state index in [2.05, 4.69) is 6.92 Å². The number of fused-ring (bicyclic) bond motifs is 5. The summed E-state index contributed by atoms with van der Waals surface area (Å²) in [7, 11) is 0. The van der Waals surface area contributed by atoms with Gasteiger partial charge in [0.1, 0.15) is 11.4 Å². The van der Waals surface area contributed by atoms with Crippen molar-refractivity contribution in [2.75, 3.05) is 6.61 Å². The third-order valence-electron chi connectivity index (χ3n) is 10.9. The van der Waals surface area contributed by atoms with E-state index >= 15 is 0 Å². The van der Waals surface area contributed by atoms with Crippen LogP contribution in [0.1, 0.15) is 97.3 Å². The number of ketones is 3. The molecule has 4 fully saturated rings. The molecule has 0 aromatic rings. The molecule has 0 heterocycles. The molecule has 5 aliphatic carbocycles. The fourth-order valence-electron chi connectivity index (χ4n) is 8.80. The number of hydrogen-bond donors (Lipinski definition) is 1. The number of Topliss-reactive ketones (excluding diaryl/α,β-unsaturated/α-hetero) is 2. The van der Waals surface area contributed by atoms with Crippen LogP contribution < -0.4 is 0 Å². The standard InChI is InChI=1S/C29H40O6/c1-27-13-11-20(30)15-19(27)8-9-21-22-12-14-29(34,28(22,2)16-23(31)26(21)27)24(32)17-35-25(33)10-7-18-5-3-4-6-18/h15,18,21-22,26,34H,3-14,16-17H2,1-2H3/t21?,22?,26?,27-,28-,29-/m0/s1. The highest BCUT2D eigenvalue weighted by Gasteiger charge is 2.68. The fraction of sp³-hybridized carbons (Fsp3) is 0.793. The van der Waals surface area contributed by atoms with E-state index < -0.39 is 23.4 Å². The molecule has 3 unspecified atom stereocenters. The second-order valence-electron chi connectivity index (χ2n) is 12.6. The Balaban J connectivity index is 1.28. The number of rotatable bonds is 6. The van der Waals surface area contributed by atoms with Crippen molar-refractivity contribution in [3.05, 3.63) is 11.6 Å². The molecule has 5 aliphatic rings. The van der Waals surface area contributed by atoms with Crippen LogP contribution in [0.2, 0.25) is 0 Å². The molecular weight excluding hydrogens is 444 g/mol. The zero-order valence-electron chi connectivity index (χ0n) is 21.3. The predicted molar refractivity (Wildman–Crippen MR) is 129 cm³/mol. The number of esters is 1. The summed E-state index contributed by atoms with van der Waals surface area (Å²) < 4.78 is 5.32. The van der Waals surface area contributed by atoms with Crippen LogP contribution in [0.25, 0.3) is 0 Å². The first kappa shape index (κ1) is 24.9. The summed E-state index contributed by atoms with van der Waals surface area (Å²) in [6, 6.07) is 0. The normalized spacial score (nSPS) is 41.1. The van der Waals surface area contributed by atoms with Crippen molar-refractivity contribution >= 4 is 23.3 Å². The van der Waals surface area contributed by atoms with Gasteiger partial charge in [-0.1, -0.05) is 45.1 Å². The molecule has 0 amide bonds. The first-order valence-electron chi connectivity index (χ1n) is 13.8. The maximum Gasteiger partial charge on any atom is 0.306 e. The van der Waals surface area contributed by atoms with E-state index in [-0.39, 0.29) is 47.1 Å². The molecule has 0 spiro atoms. The molecule has 0 aliphatic heterocycles. The van der Waals surface area contributed by atoms with E-state index in [9.17, 15) is 24.3 Å². The van der Waals surface area contributed by atoms with Crippen LogP contribution >= 0.6 is 0 Å². The van der Waals surface area contributed by atoms with Gasteiger partial charge in [0, 0.05) is 30.6 Å². The zero-order valence-corrected chi connectivity index (χ0v) is 21.3. The van der Waals surface area contributed by atoms with Crippen molar-refractivity contribution in [3.8, 4) is 0 Å². The van der Waals surface area contributed by atoms with E-state index in [4.69, 9.17) is 4.74 Å². The summed E-state index contributed by atoms with van der Waals surface area (Å²) >= 11 is 0. The Hall–Kier alpha value is -1.82. The minimum atomic E-state index is -1.65. The molecule has 192 valence electrons. The van der Waals surface area contributed by atoms with Crippen LogP contribution in [0, 0.1) is 34.5 Å². The molecule has 6 heteroatoms. The van der Waals surface area contributed by atoms with Gasteiger partial charge < -0.3 is 9.84 Å². The fourth-order valence-corrected chi connectivity index (χ4v) is 8.80. The Morgan fingerprint density at radius 1 is 1.06 bits per heavy atom. The van der Waals surface area contributed by atoms with Crippen molar-refractivity contribution in [3.63, 3.8) is 0 Å². The molecule has 4 saturated carbocycles. The Morgan fingerprint density at radius 2 is 1.80 bits per heavy atom. The van der Waals surface area contributed by atoms with Gasteiger partial charge in [0.15, 0.2) is 12.4 Å². The number of allylic oxidation sites excluding steroid dienone is 1. The van der Waals surface area contributed by atoms with E-state index in [1.54, 1.807) is 6.08 Å². The molecule has 5 rings (SSSR count). The summed E-state index contributed by atoms with van der Waals surface area (Å²) in [5, 5.41) is 11.7. The van der Waals surface area contributed by atoms with Crippen LogP contribution in [0.15, 0.2) is 11.6 Å². The summed E-state index contributed by atoms with van der Waals surface area (Å²) in [6.45, 7) is 3.62. The summed E-state index contributed by atoms with van der Waals surface area (Å²) in [6.07, 6.45) is 11.6. The lowest BCUT2D eigenvalue weighted by Gasteiger charge is -2.57. The van der Waals surface area contributed by atoms with Gasteiger partial charge in [0.2, 0.25) is 5.78 Å². The van der Waals surface area contributed by atoms with Gasteiger partial charge in [0.25, 0.3) is 0 Å².